The van der Waals surface area contributed by atoms with E-state index in [0.29, 0.717) is 19.0 Å². The van der Waals surface area contributed by atoms with E-state index in [-0.39, 0.29) is 11.3 Å². The van der Waals surface area contributed by atoms with E-state index in [1.165, 1.54) is 16.1 Å². The van der Waals surface area contributed by atoms with Crippen molar-refractivity contribution in [2.45, 2.75) is 45.1 Å². The first-order valence-corrected chi connectivity index (χ1v) is 14.2. The fraction of sp³-hybridized carbons (Fsp3) is 0.536. The Morgan fingerprint density at radius 1 is 1.11 bits per heavy atom. The van der Waals surface area contributed by atoms with Crippen molar-refractivity contribution in [3.63, 3.8) is 0 Å². The quantitative estimate of drug-likeness (QED) is 0.644. The summed E-state index contributed by atoms with van der Waals surface area (Å²) in [6, 6.07) is 10.3. The lowest BCUT2D eigenvalue weighted by Gasteiger charge is -2.55. The van der Waals surface area contributed by atoms with Crippen LogP contribution in [0.15, 0.2) is 42.7 Å². The molecule has 3 heterocycles. The molecular weight excluding hydrogens is 458 g/mol. The van der Waals surface area contributed by atoms with Gasteiger partial charge in [0.25, 0.3) is 0 Å². The zero-order valence-electron chi connectivity index (χ0n) is 21.5. The lowest BCUT2D eigenvalue weighted by atomic mass is 9.62. The summed E-state index contributed by atoms with van der Waals surface area (Å²) >= 11 is 0. The van der Waals surface area contributed by atoms with Crippen LogP contribution in [-0.4, -0.2) is 67.2 Å². The average molecular weight is 496 g/mol. The molecule has 0 radical (unpaired) electrons. The van der Waals surface area contributed by atoms with Gasteiger partial charge in [-0.2, -0.15) is 0 Å². The summed E-state index contributed by atoms with van der Waals surface area (Å²) in [6.45, 7) is 9.05. The van der Waals surface area contributed by atoms with Crippen LogP contribution in [-0.2, 0) is 15.6 Å². The average Bonchev–Trinajstić information content (AvgIpc) is 2.81. The van der Waals surface area contributed by atoms with Gasteiger partial charge in [0.1, 0.15) is 5.60 Å². The highest BCUT2D eigenvalue weighted by Crippen LogP contribution is 2.50. The molecule has 0 bridgehead atoms. The molecule has 4 rings (SSSR count). The van der Waals surface area contributed by atoms with E-state index < -0.39 is 15.6 Å². The van der Waals surface area contributed by atoms with Gasteiger partial charge in [-0.3, -0.25) is 4.98 Å². The second-order valence-electron chi connectivity index (χ2n) is 10.9. The smallest absolute Gasteiger partial charge is 0.211 e. The predicted octanol–water partition coefficient (Wildman–Crippen LogP) is 3.42. The molecule has 1 aromatic heterocycles. The van der Waals surface area contributed by atoms with Crippen LogP contribution in [0.3, 0.4) is 0 Å². The van der Waals surface area contributed by atoms with E-state index >= 15 is 0 Å². The molecule has 6 nitrogen and oxygen atoms in total. The van der Waals surface area contributed by atoms with Crippen molar-refractivity contribution < 1.29 is 13.5 Å². The molecule has 1 atom stereocenters. The van der Waals surface area contributed by atoms with Crippen LogP contribution in [0, 0.1) is 23.2 Å². The van der Waals surface area contributed by atoms with Crippen molar-refractivity contribution in [3.05, 3.63) is 65.0 Å². The molecule has 0 saturated carbocycles. The third-order valence-corrected chi connectivity index (χ3v) is 8.91. The van der Waals surface area contributed by atoms with E-state index in [1.807, 2.05) is 18.2 Å². The minimum atomic E-state index is -3.14. The van der Waals surface area contributed by atoms with Crippen molar-refractivity contribution in [1.29, 1.82) is 0 Å². The standard InChI is InChI=1S/C28H37N3O3S/c1-21(2)24-8-10-25(11-9-24)28(32,27(3)19-30(4)20-27)26-16-23(17-29-18-26)7-6-22-12-14-31(15-13-22)35(5,33)34/h8-11,16-18,21-22,32H,12-15,19-20H2,1-5H3/t28-/m0/s1. The number of aliphatic hydroxyl groups is 1. The van der Waals surface area contributed by atoms with Crippen LogP contribution in [0.1, 0.15) is 61.8 Å². The molecule has 2 fully saturated rings. The summed E-state index contributed by atoms with van der Waals surface area (Å²) in [5.74, 6) is 7.14. The summed E-state index contributed by atoms with van der Waals surface area (Å²) in [5, 5.41) is 12.3. The molecule has 0 unspecified atom stereocenters. The van der Waals surface area contributed by atoms with Crippen LogP contribution >= 0.6 is 0 Å². The maximum absolute atomic E-state index is 12.3. The zero-order valence-corrected chi connectivity index (χ0v) is 22.3. The number of aromatic nitrogens is 1. The van der Waals surface area contributed by atoms with Gasteiger partial charge in [0, 0.05) is 61.0 Å². The SMILES string of the molecule is CC(C)c1ccc([C@](O)(c2cncc(C#CC3CCN(S(C)(=O)=O)CC3)c2)C2(C)CN(C)C2)cc1. The number of hydrogen-bond acceptors (Lipinski definition) is 5. The molecule has 7 heteroatoms. The number of sulfonamides is 1. The molecule has 1 N–H and O–H groups in total. The number of nitrogens with zero attached hydrogens (tertiary/aromatic N) is 3. The van der Waals surface area contributed by atoms with E-state index in [4.69, 9.17) is 0 Å². The third kappa shape index (κ3) is 5.17. The maximum atomic E-state index is 12.3. The number of rotatable bonds is 5. The Hall–Kier alpha value is -2.24. The Morgan fingerprint density at radius 3 is 2.29 bits per heavy atom. The largest absolute Gasteiger partial charge is 0.380 e. The topological polar surface area (TPSA) is 73.7 Å². The predicted molar refractivity (Wildman–Crippen MR) is 139 cm³/mol. The molecule has 2 aromatic rings. The van der Waals surface area contributed by atoms with E-state index in [9.17, 15) is 13.5 Å². The Kier molecular flexibility index (Phi) is 7.14. The van der Waals surface area contributed by atoms with E-state index in [0.717, 1.165) is 42.6 Å². The van der Waals surface area contributed by atoms with Crippen molar-refractivity contribution in [3.8, 4) is 11.8 Å². The van der Waals surface area contributed by atoms with Crippen LogP contribution < -0.4 is 0 Å². The lowest BCUT2D eigenvalue weighted by molar-refractivity contribution is -0.127. The van der Waals surface area contributed by atoms with Gasteiger partial charge in [0.05, 0.1) is 6.26 Å². The van der Waals surface area contributed by atoms with Crippen molar-refractivity contribution in [2.75, 3.05) is 39.5 Å². The van der Waals surface area contributed by atoms with Crippen LogP contribution in [0.5, 0.6) is 0 Å². The zero-order chi connectivity index (χ0) is 25.4. The highest BCUT2D eigenvalue weighted by atomic mass is 32.2. The van der Waals surface area contributed by atoms with Crippen LogP contribution in [0.25, 0.3) is 0 Å². The summed E-state index contributed by atoms with van der Waals surface area (Å²) in [6.07, 6.45) is 6.21. The molecule has 0 amide bonds. The lowest BCUT2D eigenvalue weighted by Crippen LogP contribution is -2.63. The van der Waals surface area contributed by atoms with Gasteiger partial charge in [0.2, 0.25) is 10.0 Å². The van der Waals surface area contributed by atoms with Gasteiger partial charge < -0.3 is 10.0 Å². The molecular formula is C28H37N3O3S. The van der Waals surface area contributed by atoms with Gasteiger partial charge in [-0.05, 0) is 43.0 Å². The van der Waals surface area contributed by atoms with Crippen LogP contribution in [0.2, 0.25) is 0 Å². The molecule has 2 aliphatic rings. The molecule has 188 valence electrons. The van der Waals surface area contributed by atoms with Gasteiger partial charge >= 0.3 is 0 Å². The Morgan fingerprint density at radius 2 is 1.74 bits per heavy atom. The fourth-order valence-electron chi connectivity index (χ4n) is 5.57. The van der Waals surface area contributed by atoms with Gasteiger partial charge in [-0.25, -0.2) is 12.7 Å². The minimum Gasteiger partial charge on any atom is -0.380 e. The minimum absolute atomic E-state index is 0.150. The summed E-state index contributed by atoms with van der Waals surface area (Å²) in [4.78, 5) is 6.67. The highest BCUT2D eigenvalue weighted by Gasteiger charge is 2.55. The van der Waals surface area contributed by atoms with Crippen molar-refractivity contribution in [2.24, 2.45) is 11.3 Å². The summed E-state index contributed by atoms with van der Waals surface area (Å²) < 4.78 is 25.0. The number of hydrogen-bond donors (Lipinski definition) is 1. The first-order valence-electron chi connectivity index (χ1n) is 12.4. The summed E-state index contributed by atoms with van der Waals surface area (Å²) in [7, 11) is -1.07. The third-order valence-electron chi connectivity index (χ3n) is 7.61. The second-order valence-corrected chi connectivity index (χ2v) is 12.9. The van der Waals surface area contributed by atoms with Crippen LogP contribution in [0.4, 0.5) is 0 Å². The molecule has 0 spiro atoms. The normalized spacial score (nSPS) is 21.1. The number of pyridine rings is 1. The molecule has 35 heavy (non-hydrogen) atoms. The van der Waals surface area contributed by atoms with E-state index in [2.05, 4.69) is 61.7 Å². The van der Waals surface area contributed by atoms with Crippen molar-refractivity contribution in [1.82, 2.24) is 14.2 Å². The Bertz CT molecular complexity index is 1220. The number of piperidine rings is 1. The Labute approximate surface area is 210 Å². The van der Waals surface area contributed by atoms with Gasteiger partial charge in [-0.15, -0.1) is 0 Å². The first kappa shape index (κ1) is 25.8. The highest BCUT2D eigenvalue weighted by molar-refractivity contribution is 7.88. The first-order chi connectivity index (χ1) is 16.4. The number of benzene rings is 1. The van der Waals surface area contributed by atoms with Crippen molar-refractivity contribution >= 4 is 10.0 Å². The monoisotopic (exact) mass is 495 g/mol. The summed E-state index contributed by atoms with van der Waals surface area (Å²) in [5.41, 5.74) is 2.09. The van der Waals surface area contributed by atoms with Gasteiger partial charge in [0.15, 0.2) is 0 Å². The molecule has 2 saturated heterocycles. The second kappa shape index (κ2) is 9.67. The molecule has 0 aliphatic carbocycles. The number of likely N-dealkylation sites (tertiary alicyclic amines) is 1. The van der Waals surface area contributed by atoms with E-state index in [1.54, 1.807) is 12.4 Å². The van der Waals surface area contributed by atoms with Gasteiger partial charge in [-0.1, -0.05) is 56.9 Å². The molecule has 2 aliphatic heterocycles. The molecule has 1 aromatic carbocycles. The fourth-order valence-corrected chi connectivity index (χ4v) is 6.44. The maximum Gasteiger partial charge on any atom is 0.211 e. The Balaban J connectivity index is 1.63.